The summed E-state index contributed by atoms with van der Waals surface area (Å²) in [6.45, 7) is 7.95. The second kappa shape index (κ2) is 10.9. The molecule has 0 radical (unpaired) electrons. The summed E-state index contributed by atoms with van der Waals surface area (Å²) in [4.78, 5) is 30.0. The Labute approximate surface area is 184 Å². The van der Waals surface area contributed by atoms with Gasteiger partial charge in [0.1, 0.15) is 5.75 Å². The second-order valence-electron chi connectivity index (χ2n) is 6.48. The van der Waals surface area contributed by atoms with Crippen LogP contribution in [-0.4, -0.2) is 42.9 Å². The van der Waals surface area contributed by atoms with Gasteiger partial charge in [0.15, 0.2) is 4.80 Å². The topological polar surface area (TPSA) is 79.1 Å². The average Bonchev–Trinajstić information content (AvgIpc) is 3.11. The minimum Gasteiger partial charge on any atom is -0.493 e. The van der Waals surface area contributed by atoms with E-state index in [1.807, 2.05) is 30.5 Å². The van der Waals surface area contributed by atoms with Gasteiger partial charge < -0.3 is 18.8 Å². The number of ether oxygens (including phenoxy) is 3. The van der Waals surface area contributed by atoms with Gasteiger partial charge in [-0.25, -0.2) is 4.79 Å². The largest absolute Gasteiger partial charge is 0.493 e. The van der Waals surface area contributed by atoms with Gasteiger partial charge in [0.05, 0.1) is 41.2 Å². The molecule has 0 aliphatic heterocycles. The molecule has 0 fully saturated rings. The van der Waals surface area contributed by atoms with Crippen LogP contribution in [0.1, 0.15) is 41.5 Å². The molecule has 1 amide bonds. The van der Waals surface area contributed by atoms with Crippen LogP contribution in [0.3, 0.4) is 0 Å². The summed E-state index contributed by atoms with van der Waals surface area (Å²) in [7, 11) is 0. The van der Waals surface area contributed by atoms with Crippen molar-refractivity contribution in [2.24, 2.45) is 4.99 Å². The number of carbonyl (C=O) groups is 2. The quantitative estimate of drug-likeness (QED) is 0.369. The van der Waals surface area contributed by atoms with Gasteiger partial charge in [-0.1, -0.05) is 23.5 Å². The van der Waals surface area contributed by atoms with Crippen LogP contribution in [0.15, 0.2) is 47.5 Å². The van der Waals surface area contributed by atoms with Crippen LogP contribution in [-0.2, 0) is 16.0 Å². The molecule has 2 aromatic carbocycles. The van der Waals surface area contributed by atoms with Crippen LogP contribution in [0.4, 0.5) is 0 Å². The molecule has 3 rings (SSSR count). The Bertz CT molecular complexity index is 1130. The van der Waals surface area contributed by atoms with Crippen molar-refractivity contribution in [1.82, 2.24) is 4.57 Å². The van der Waals surface area contributed by atoms with E-state index in [0.717, 1.165) is 10.2 Å². The molecule has 0 aliphatic rings. The van der Waals surface area contributed by atoms with Crippen molar-refractivity contribution in [1.29, 1.82) is 0 Å². The van der Waals surface area contributed by atoms with Gasteiger partial charge in [0, 0.05) is 13.2 Å². The first kappa shape index (κ1) is 22.7. The smallest absolute Gasteiger partial charge is 0.338 e. The van der Waals surface area contributed by atoms with Crippen LogP contribution in [0.25, 0.3) is 10.2 Å². The summed E-state index contributed by atoms with van der Waals surface area (Å²) in [5, 5.41) is 0. The third kappa shape index (κ3) is 5.39. The highest BCUT2D eigenvalue weighted by Crippen LogP contribution is 2.22. The van der Waals surface area contributed by atoms with E-state index in [0.29, 0.717) is 54.7 Å². The van der Waals surface area contributed by atoms with Crippen molar-refractivity contribution in [3.63, 3.8) is 0 Å². The number of esters is 1. The molecule has 164 valence electrons. The van der Waals surface area contributed by atoms with Crippen molar-refractivity contribution in [3.05, 3.63) is 58.4 Å². The predicted octanol–water partition coefficient (Wildman–Crippen LogP) is 4.06. The Kier molecular flexibility index (Phi) is 7.97. The lowest BCUT2D eigenvalue weighted by Crippen LogP contribution is -2.20. The SMILES string of the molecule is CCOCCn1c(=NC(=O)c2ccccc2OCC)sc2cc(C(=O)OCC)ccc21. The zero-order valence-electron chi connectivity index (χ0n) is 17.9. The van der Waals surface area contributed by atoms with E-state index in [1.54, 1.807) is 37.3 Å². The molecule has 0 spiro atoms. The first-order valence-electron chi connectivity index (χ1n) is 10.3. The van der Waals surface area contributed by atoms with Crippen LogP contribution in [0, 0.1) is 0 Å². The third-order valence-corrected chi connectivity index (χ3v) is 5.51. The van der Waals surface area contributed by atoms with Crippen molar-refractivity contribution in [2.45, 2.75) is 27.3 Å². The number of para-hydroxylation sites is 1. The van der Waals surface area contributed by atoms with E-state index in [9.17, 15) is 9.59 Å². The first-order valence-corrected chi connectivity index (χ1v) is 11.1. The Morgan fingerprint density at radius 2 is 1.84 bits per heavy atom. The lowest BCUT2D eigenvalue weighted by Gasteiger charge is -2.07. The molecule has 3 aromatic rings. The monoisotopic (exact) mass is 442 g/mol. The molecule has 0 saturated carbocycles. The normalized spacial score (nSPS) is 11.6. The molecular formula is C23H26N2O5S. The number of amides is 1. The lowest BCUT2D eigenvalue weighted by molar-refractivity contribution is 0.0526. The van der Waals surface area contributed by atoms with E-state index >= 15 is 0 Å². The van der Waals surface area contributed by atoms with Crippen molar-refractivity contribution in [2.75, 3.05) is 26.4 Å². The summed E-state index contributed by atoms with van der Waals surface area (Å²) in [5.74, 6) is -0.254. The fourth-order valence-corrected chi connectivity index (χ4v) is 4.18. The number of carbonyl (C=O) groups excluding carboxylic acids is 2. The average molecular weight is 443 g/mol. The van der Waals surface area contributed by atoms with Crippen LogP contribution in [0.2, 0.25) is 0 Å². The lowest BCUT2D eigenvalue weighted by atomic mass is 10.2. The molecule has 8 heteroatoms. The molecule has 7 nitrogen and oxygen atoms in total. The van der Waals surface area contributed by atoms with E-state index in [2.05, 4.69) is 4.99 Å². The maximum Gasteiger partial charge on any atom is 0.338 e. The Morgan fingerprint density at radius 3 is 2.58 bits per heavy atom. The molecule has 0 N–H and O–H groups in total. The second-order valence-corrected chi connectivity index (χ2v) is 7.49. The van der Waals surface area contributed by atoms with Gasteiger partial charge in [-0.05, 0) is 51.1 Å². The van der Waals surface area contributed by atoms with Gasteiger partial charge in [-0.15, -0.1) is 0 Å². The Balaban J connectivity index is 2.07. The summed E-state index contributed by atoms with van der Waals surface area (Å²) < 4.78 is 19.0. The number of hydrogen-bond acceptors (Lipinski definition) is 6. The van der Waals surface area contributed by atoms with Crippen LogP contribution < -0.4 is 9.54 Å². The van der Waals surface area contributed by atoms with Crippen LogP contribution in [0.5, 0.6) is 5.75 Å². The standard InChI is InChI=1S/C23H26N2O5S/c1-4-28-14-13-25-18-12-11-16(22(27)30-6-3)15-20(18)31-23(25)24-21(26)17-9-7-8-10-19(17)29-5-2/h7-12,15H,4-6,13-14H2,1-3H3. The molecule has 0 unspecified atom stereocenters. The summed E-state index contributed by atoms with van der Waals surface area (Å²) in [5.41, 5.74) is 1.75. The van der Waals surface area contributed by atoms with E-state index in [4.69, 9.17) is 14.2 Å². The fourth-order valence-electron chi connectivity index (χ4n) is 3.09. The summed E-state index contributed by atoms with van der Waals surface area (Å²) in [6.07, 6.45) is 0. The first-order chi connectivity index (χ1) is 15.1. The van der Waals surface area contributed by atoms with E-state index in [-0.39, 0.29) is 11.9 Å². The zero-order valence-corrected chi connectivity index (χ0v) is 18.7. The molecule has 0 aliphatic carbocycles. The molecule has 0 bridgehead atoms. The van der Waals surface area contributed by atoms with Gasteiger partial charge in [-0.3, -0.25) is 4.79 Å². The van der Waals surface area contributed by atoms with Gasteiger partial charge >= 0.3 is 5.97 Å². The van der Waals surface area contributed by atoms with E-state index in [1.165, 1.54) is 11.3 Å². The minimum absolute atomic E-state index is 0.310. The zero-order chi connectivity index (χ0) is 22.2. The summed E-state index contributed by atoms with van der Waals surface area (Å²) in [6, 6.07) is 12.4. The predicted molar refractivity (Wildman–Crippen MR) is 120 cm³/mol. The summed E-state index contributed by atoms with van der Waals surface area (Å²) >= 11 is 1.35. The molecule has 31 heavy (non-hydrogen) atoms. The number of nitrogens with zero attached hydrogens (tertiary/aromatic N) is 2. The highest BCUT2D eigenvalue weighted by atomic mass is 32.1. The Hall–Kier alpha value is -2.97. The number of thiazole rings is 1. The number of fused-ring (bicyclic) bond motifs is 1. The highest BCUT2D eigenvalue weighted by molar-refractivity contribution is 7.16. The molecule has 0 saturated heterocycles. The van der Waals surface area contributed by atoms with Crippen molar-refractivity contribution >= 4 is 33.4 Å². The van der Waals surface area contributed by atoms with Crippen molar-refractivity contribution in [3.8, 4) is 5.75 Å². The maximum atomic E-state index is 13.0. The van der Waals surface area contributed by atoms with Crippen molar-refractivity contribution < 1.29 is 23.8 Å². The number of aromatic nitrogens is 1. The molecule has 1 aromatic heterocycles. The highest BCUT2D eigenvalue weighted by Gasteiger charge is 2.15. The maximum absolute atomic E-state index is 13.0. The van der Waals surface area contributed by atoms with Gasteiger partial charge in [0.2, 0.25) is 0 Å². The van der Waals surface area contributed by atoms with Gasteiger partial charge in [0.25, 0.3) is 5.91 Å². The van der Waals surface area contributed by atoms with E-state index < -0.39 is 0 Å². The Morgan fingerprint density at radius 1 is 1.03 bits per heavy atom. The minimum atomic E-state index is -0.383. The number of rotatable bonds is 9. The third-order valence-electron chi connectivity index (χ3n) is 4.47. The molecule has 1 heterocycles. The van der Waals surface area contributed by atoms with Crippen LogP contribution >= 0.6 is 11.3 Å². The fraction of sp³-hybridized carbons (Fsp3) is 0.348. The number of hydrogen-bond donors (Lipinski definition) is 0. The molecular weight excluding hydrogens is 416 g/mol. The molecule has 0 atom stereocenters. The number of benzene rings is 2. The van der Waals surface area contributed by atoms with Gasteiger partial charge in [-0.2, -0.15) is 4.99 Å².